The van der Waals surface area contributed by atoms with Crippen LogP contribution in [0.15, 0.2) is 23.0 Å². The van der Waals surface area contributed by atoms with Gasteiger partial charge < -0.3 is 9.80 Å². The lowest BCUT2D eigenvalue weighted by Gasteiger charge is -2.32. The van der Waals surface area contributed by atoms with Crippen LogP contribution in [0.2, 0.25) is 5.02 Å². The standard InChI is InChI=1S/C20H25ClFN5O/c1-25-8-10-27(11-9-25)20-23-18-5-7-26(6-4-15(18)19(28)24-20)13-14-2-3-16(21)17(22)12-14/h2-3,12H,4-11,13H2,1H3,(H,23,24,28). The largest absolute Gasteiger partial charge is 0.340 e. The Kier molecular flexibility index (Phi) is 5.66. The van der Waals surface area contributed by atoms with Crippen LogP contribution in [0.4, 0.5) is 10.3 Å². The van der Waals surface area contributed by atoms with Crippen molar-refractivity contribution in [2.45, 2.75) is 19.4 Å². The van der Waals surface area contributed by atoms with E-state index < -0.39 is 5.82 Å². The fourth-order valence-corrected chi connectivity index (χ4v) is 3.98. The summed E-state index contributed by atoms with van der Waals surface area (Å²) in [6, 6.07) is 4.92. The molecule has 0 radical (unpaired) electrons. The summed E-state index contributed by atoms with van der Waals surface area (Å²) < 4.78 is 13.7. The fourth-order valence-electron chi connectivity index (χ4n) is 3.86. The lowest BCUT2D eigenvalue weighted by Crippen LogP contribution is -2.45. The van der Waals surface area contributed by atoms with Gasteiger partial charge in [0.25, 0.3) is 5.56 Å². The third-order valence-electron chi connectivity index (χ3n) is 5.62. The minimum Gasteiger partial charge on any atom is -0.340 e. The van der Waals surface area contributed by atoms with Crippen molar-refractivity contribution < 1.29 is 4.39 Å². The molecule has 0 saturated carbocycles. The summed E-state index contributed by atoms with van der Waals surface area (Å²) in [5.41, 5.74) is 2.52. The van der Waals surface area contributed by atoms with Gasteiger partial charge in [0.15, 0.2) is 0 Å². The van der Waals surface area contributed by atoms with E-state index in [-0.39, 0.29) is 10.6 Å². The van der Waals surface area contributed by atoms with Crippen molar-refractivity contribution in [1.82, 2.24) is 19.8 Å². The van der Waals surface area contributed by atoms with Gasteiger partial charge in [-0.25, -0.2) is 9.37 Å². The van der Waals surface area contributed by atoms with E-state index in [4.69, 9.17) is 16.6 Å². The van der Waals surface area contributed by atoms with Crippen molar-refractivity contribution >= 4 is 17.5 Å². The normalized spacial score (nSPS) is 18.8. The molecule has 0 aliphatic carbocycles. The quantitative estimate of drug-likeness (QED) is 0.845. The average molecular weight is 406 g/mol. The number of rotatable bonds is 3. The number of benzene rings is 1. The average Bonchev–Trinajstić information content (AvgIpc) is 2.88. The Labute approximate surface area is 168 Å². The summed E-state index contributed by atoms with van der Waals surface area (Å²) in [5.74, 6) is 0.289. The van der Waals surface area contributed by atoms with Gasteiger partial charge in [-0.15, -0.1) is 0 Å². The van der Waals surface area contributed by atoms with Gasteiger partial charge in [0.05, 0.1) is 10.7 Å². The summed E-state index contributed by atoms with van der Waals surface area (Å²) in [5, 5.41) is 0.138. The monoisotopic (exact) mass is 405 g/mol. The maximum atomic E-state index is 13.7. The number of fused-ring (bicyclic) bond motifs is 1. The highest BCUT2D eigenvalue weighted by Crippen LogP contribution is 2.19. The molecule has 2 aromatic rings. The van der Waals surface area contributed by atoms with Crippen LogP contribution in [0.5, 0.6) is 0 Å². The molecule has 3 heterocycles. The summed E-state index contributed by atoms with van der Waals surface area (Å²) >= 11 is 5.77. The Hall–Kier alpha value is -1.96. The van der Waals surface area contributed by atoms with Crippen LogP contribution >= 0.6 is 11.6 Å². The fraction of sp³-hybridized carbons (Fsp3) is 0.500. The number of hydrogen-bond acceptors (Lipinski definition) is 5. The maximum absolute atomic E-state index is 13.7. The number of piperazine rings is 1. The Morgan fingerprint density at radius 3 is 2.64 bits per heavy atom. The number of hydrogen-bond donors (Lipinski definition) is 1. The Balaban J connectivity index is 1.48. The molecular formula is C20H25ClFN5O. The first-order valence-corrected chi connectivity index (χ1v) is 10.1. The number of aromatic nitrogens is 2. The van der Waals surface area contributed by atoms with Crippen molar-refractivity contribution in [3.63, 3.8) is 0 Å². The molecule has 1 saturated heterocycles. The molecule has 0 bridgehead atoms. The summed E-state index contributed by atoms with van der Waals surface area (Å²) in [4.78, 5) is 27.1. The van der Waals surface area contributed by atoms with Gasteiger partial charge in [0.2, 0.25) is 5.95 Å². The van der Waals surface area contributed by atoms with Crippen LogP contribution in [-0.2, 0) is 19.4 Å². The van der Waals surface area contributed by atoms with Crippen molar-refractivity contribution in [3.05, 3.63) is 56.2 Å². The first-order chi connectivity index (χ1) is 13.5. The third-order valence-corrected chi connectivity index (χ3v) is 5.93. The molecule has 0 amide bonds. The van der Waals surface area contributed by atoms with E-state index in [2.05, 4.69) is 26.7 Å². The lowest BCUT2D eigenvalue weighted by atomic mass is 10.1. The predicted molar refractivity (Wildman–Crippen MR) is 109 cm³/mol. The van der Waals surface area contributed by atoms with Crippen LogP contribution < -0.4 is 10.5 Å². The van der Waals surface area contributed by atoms with Crippen LogP contribution in [-0.4, -0.2) is 66.1 Å². The van der Waals surface area contributed by atoms with Gasteiger partial charge in [0.1, 0.15) is 5.82 Å². The molecule has 28 heavy (non-hydrogen) atoms. The molecule has 0 atom stereocenters. The van der Waals surface area contributed by atoms with Crippen molar-refractivity contribution in [2.75, 3.05) is 51.2 Å². The molecule has 1 fully saturated rings. The van der Waals surface area contributed by atoms with Crippen LogP contribution in [0.25, 0.3) is 0 Å². The second-order valence-corrected chi connectivity index (χ2v) is 8.04. The van der Waals surface area contributed by atoms with Crippen molar-refractivity contribution in [2.24, 2.45) is 0 Å². The number of likely N-dealkylation sites (N-methyl/N-ethyl adjacent to an activating group) is 1. The van der Waals surface area contributed by atoms with E-state index in [9.17, 15) is 9.18 Å². The molecule has 4 rings (SSSR count). The SMILES string of the molecule is CN1CCN(c2nc3c(c(=O)[nH]2)CCN(Cc2ccc(Cl)c(F)c2)CC3)CC1. The predicted octanol–water partition coefficient (Wildman–Crippen LogP) is 1.92. The topological polar surface area (TPSA) is 55.5 Å². The number of H-pyrrole nitrogens is 1. The highest BCUT2D eigenvalue weighted by atomic mass is 35.5. The zero-order chi connectivity index (χ0) is 19.7. The molecule has 1 N–H and O–H groups in total. The van der Waals surface area contributed by atoms with Crippen molar-refractivity contribution in [1.29, 1.82) is 0 Å². The molecule has 8 heteroatoms. The van der Waals surface area contributed by atoms with Crippen LogP contribution in [0.3, 0.4) is 0 Å². The lowest BCUT2D eigenvalue weighted by molar-refractivity contribution is 0.278. The molecule has 2 aliphatic rings. The minimum absolute atomic E-state index is 0.0293. The number of nitrogens with one attached hydrogen (secondary N) is 1. The molecule has 1 aromatic carbocycles. The van der Waals surface area contributed by atoms with E-state index in [1.165, 1.54) is 6.07 Å². The van der Waals surface area contributed by atoms with Crippen LogP contribution in [0, 0.1) is 5.82 Å². The second kappa shape index (κ2) is 8.19. The van der Waals surface area contributed by atoms with Gasteiger partial charge in [-0.2, -0.15) is 0 Å². The number of aromatic amines is 1. The van der Waals surface area contributed by atoms with E-state index in [0.29, 0.717) is 18.9 Å². The summed E-state index contributed by atoms with van der Waals surface area (Å²) in [7, 11) is 2.10. The Morgan fingerprint density at radius 1 is 1.14 bits per heavy atom. The summed E-state index contributed by atoms with van der Waals surface area (Å²) in [6.45, 7) is 5.83. The minimum atomic E-state index is -0.396. The molecule has 1 aromatic heterocycles. The van der Waals surface area contributed by atoms with E-state index in [1.54, 1.807) is 6.07 Å². The Bertz CT molecular complexity index is 910. The molecule has 6 nitrogen and oxygen atoms in total. The van der Waals surface area contributed by atoms with Gasteiger partial charge in [0, 0.05) is 57.8 Å². The first kappa shape index (κ1) is 19.4. The van der Waals surface area contributed by atoms with E-state index in [1.807, 2.05) is 6.07 Å². The second-order valence-electron chi connectivity index (χ2n) is 7.63. The maximum Gasteiger partial charge on any atom is 0.255 e. The highest BCUT2D eigenvalue weighted by molar-refractivity contribution is 6.30. The Morgan fingerprint density at radius 2 is 1.89 bits per heavy atom. The van der Waals surface area contributed by atoms with Crippen LogP contribution in [0.1, 0.15) is 16.8 Å². The number of halogens is 2. The number of anilines is 1. The number of nitrogens with zero attached hydrogens (tertiary/aromatic N) is 4. The van der Waals surface area contributed by atoms with Gasteiger partial charge in [-0.3, -0.25) is 14.7 Å². The molecule has 2 aliphatic heterocycles. The molecular weight excluding hydrogens is 381 g/mol. The van der Waals surface area contributed by atoms with Gasteiger partial charge in [-0.05, 0) is 31.2 Å². The van der Waals surface area contributed by atoms with E-state index in [0.717, 1.165) is 62.5 Å². The zero-order valence-electron chi connectivity index (χ0n) is 16.0. The highest BCUT2D eigenvalue weighted by Gasteiger charge is 2.22. The third kappa shape index (κ3) is 4.21. The van der Waals surface area contributed by atoms with Gasteiger partial charge >= 0.3 is 0 Å². The summed E-state index contributed by atoms with van der Waals surface area (Å²) in [6.07, 6.45) is 1.37. The molecule has 0 unspecified atom stereocenters. The van der Waals surface area contributed by atoms with Crippen molar-refractivity contribution in [3.8, 4) is 0 Å². The molecule has 150 valence electrons. The zero-order valence-corrected chi connectivity index (χ0v) is 16.8. The van der Waals surface area contributed by atoms with Gasteiger partial charge in [-0.1, -0.05) is 17.7 Å². The molecule has 0 spiro atoms. The smallest absolute Gasteiger partial charge is 0.255 e. The van der Waals surface area contributed by atoms with E-state index >= 15 is 0 Å². The first-order valence-electron chi connectivity index (χ1n) is 9.71.